The maximum atomic E-state index is 13.0. The van der Waals surface area contributed by atoms with Crippen LogP contribution in [0.3, 0.4) is 0 Å². The van der Waals surface area contributed by atoms with Crippen molar-refractivity contribution < 1.29 is 9.47 Å². The second kappa shape index (κ2) is 11.1. The minimum absolute atomic E-state index is 0.0395. The molecule has 0 atom stereocenters. The van der Waals surface area contributed by atoms with Crippen LogP contribution in [0.4, 0.5) is 0 Å². The van der Waals surface area contributed by atoms with E-state index in [1.54, 1.807) is 14.2 Å². The second-order valence-corrected chi connectivity index (χ2v) is 9.74. The van der Waals surface area contributed by atoms with Gasteiger partial charge in [-0.2, -0.15) is 0 Å². The second-order valence-electron chi connectivity index (χ2n) is 9.35. The van der Waals surface area contributed by atoms with E-state index < -0.39 is 0 Å². The van der Waals surface area contributed by atoms with Gasteiger partial charge in [0.1, 0.15) is 0 Å². The smallest absolute Gasteiger partial charge is 0.253 e. The van der Waals surface area contributed by atoms with Crippen molar-refractivity contribution in [2.24, 2.45) is 0 Å². The number of hydrogen-bond acceptors (Lipinski definition) is 4. The highest BCUT2D eigenvalue weighted by Crippen LogP contribution is 2.28. The van der Waals surface area contributed by atoms with Crippen LogP contribution in [-0.4, -0.2) is 41.8 Å². The number of aromatic amines is 1. The summed E-state index contributed by atoms with van der Waals surface area (Å²) < 4.78 is 10.8. The van der Waals surface area contributed by atoms with Gasteiger partial charge in [0.15, 0.2) is 16.6 Å². The number of aryl methyl sites for hydroxylation is 2. The minimum atomic E-state index is -0.0395. The van der Waals surface area contributed by atoms with E-state index in [4.69, 9.17) is 21.7 Å². The monoisotopic (exact) mass is 493 g/mol. The van der Waals surface area contributed by atoms with E-state index in [0.29, 0.717) is 24.2 Å². The summed E-state index contributed by atoms with van der Waals surface area (Å²) in [6.45, 7) is 5.31. The molecular formula is C28H35N3O3S. The zero-order chi connectivity index (χ0) is 24.9. The van der Waals surface area contributed by atoms with Crippen LogP contribution < -0.4 is 20.3 Å². The maximum Gasteiger partial charge on any atom is 0.253 e. The zero-order valence-corrected chi connectivity index (χ0v) is 21.9. The van der Waals surface area contributed by atoms with Crippen LogP contribution in [0.25, 0.3) is 10.9 Å². The van der Waals surface area contributed by atoms with Gasteiger partial charge in [-0.15, -0.1) is 0 Å². The van der Waals surface area contributed by atoms with E-state index in [9.17, 15) is 4.79 Å². The highest BCUT2D eigenvalue weighted by atomic mass is 32.1. The molecule has 2 N–H and O–H groups in total. The van der Waals surface area contributed by atoms with Gasteiger partial charge in [-0.1, -0.05) is 31.0 Å². The quantitative estimate of drug-likeness (QED) is 0.430. The number of rotatable bonds is 8. The van der Waals surface area contributed by atoms with Crippen LogP contribution in [0.15, 0.2) is 41.2 Å². The molecule has 35 heavy (non-hydrogen) atoms. The first-order valence-corrected chi connectivity index (χ1v) is 12.7. The molecular weight excluding hydrogens is 458 g/mol. The minimum Gasteiger partial charge on any atom is -0.493 e. The van der Waals surface area contributed by atoms with Crippen molar-refractivity contribution in [1.29, 1.82) is 0 Å². The fraction of sp³-hybridized carbons (Fsp3) is 0.429. The molecule has 1 aliphatic carbocycles. The van der Waals surface area contributed by atoms with Gasteiger partial charge < -0.3 is 24.7 Å². The Kier molecular flexibility index (Phi) is 7.96. The normalized spacial score (nSPS) is 13.7. The molecule has 3 aromatic rings. The fourth-order valence-electron chi connectivity index (χ4n) is 4.95. The lowest BCUT2D eigenvalue weighted by Gasteiger charge is -2.31. The molecule has 1 saturated carbocycles. The lowest BCUT2D eigenvalue weighted by molar-refractivity contribution is 0.302. The topological polar surface area (TPSA) is 66.6 Å². The number of hydrogen-bond donors (Lipinski definition) is 2. The molecule has 7 heteroatoms. The molecule has 4 rings (SSSR count). The van der Waals surface area contributed by atoms with Gasteiger partial charge in [0.25, 0.3) is 5.56 Å². The van der Waals surface area contributed by atoms with Crippen molar-refractivity contribution >= 4 is 28.2 Å². The molecule has 1 aliphatic rings. The molecule has 186 valence electrons. The van der Waals surface area contributed by atoms with Crippen LogP contribution in [0.5, 0.6) is 11.5 Å². The number of nitrogens with zero attached hydrogens (tertiary/aromatic N) is 1. The van der Waals surface area contributed by atoms with Crippen LogP contribution in [0.1, 0.15) is 47.9 Å². The Balaban J connectivity index is 1.50. The van der Waals surface area contributed by atoms with Gasteiger partial charge in [-0.3, -0.25) is 4.79 Å². The van der Waals surface area contributed by atoms with Crippen molar-refractivity contribution in [2.75, 3.05) is 20.8 Å². The molecule has 0 amide bonds. The molecule has 1 fully saturated rings. The first-order valence-electron chi connectivity index (χ1n) is 12.3. The summed E-state index contributed by atoms with van der Waals surface area (Å²) in [5.74, 6) is 1.44. The Morgan fingerprint density at radius 2 is 1.77 bits per heavy atom. The standard InChI is InChI=1S/C28H35N3O3S/c1-18-9-10-19(2)26-23(18)16-21(27(32)30-26)17-31(22-7-5-6-8-22)28(35)29-14-13-20-11-12-24(33-3)25(15-20)34-4/h9-12,15-16,22H,5-8,13-14,17H2,1-4H3,(H,29,35)(H,30,32). The average molecular weight is 494 g/mol. The van der Waals surface area contributed by atoms with E-state index in [1.807, 2.05) is 31.2 Å². The van der Waals surface area contributed by atoms with E-state index in [2.05, 4.69) is 34.3 Å². The Hall–Kier alpha value is -3.06. The number of nitrogens with one attached hydrogen (secondary N) is 2. The van der Waals surface area contributed by atoms with Crippen molar-refractivity contribution in [1.82, 2.24) is 15.2 Å². The van der Waals surface area contributed by atoms with E-state index in [1.165, 1.54) is 12.8 Å². The lowest BCUT2D eigenvalue weighted by atomic mass is 10.0. The molecule has 6 nitrogen and oxygen atoms in total. The van der Waals surface area contributed by atoms with E-state index in [-0.39, 0.29) is 5.56 Å². The van der Waals surface area contributed by atoms with E-state index >= 15 is 0 Å². The number of H-pyrrole nitrogens is 1. The van der Waals surface area contributed by atoms with Gasteiger partial charge in [-0.05, 0) is 80.2 Å². The summed E-state index contributed by atoms with van der Waals surface area (Å²) in [6.07, 6.45) is 5.39. The summed E-state index contributed by atoms with van der Waals surface area (Å²) in [4.78, 5) is 18.4. The SMILES string of the molecule is COc1ccc(CCNC(=S)N(Cc2cc3c(C)ccc(C)c3[nH]c2=O)C2CCCC2)cc1OC. The molecule has 0 radical (unpaired) electrons. The van der Waals surface area contributed by atoms with Crippen LogP contribution in [0, 0.1) is 13.8 Å². The van der Waals surface area contributed by atoms with Gasteiger partial charge >= 0.3 is 0 Å². The van der Waals surface area contributed by atoms with Gasteiger partial charge in [0.2, 0.25) is 0 Å². The molecule has 0 spiro atoms. The summed E-state index contributed by atoms with van der Waals surface area (Å²) in [7, 11) is 3.28. The van der Waals surface area contributed by atoms with Crippen molar-refractivity contribution in [3.8, 4) is 11.5 Å². The van der Waals surface area contributed by atoms with Gasteiger partial charge in [-0.25, -0.2) is 0 Å². The number of pyridine rings is 1. The molecule has 0 aliphatic heterocycles. The third-order valence-electron chi connectivity index (χ3n) is 7.03. The van der Waals surface area contributed by atoms with Crippen LogP contribution in [-0.2, 0) is 13.0 Å². The lowest BCUT2D eigenvalue weighted by Crippen LogP contribution is -2.45. The Morgan fingerprint density at radius 3 is 2.49 bits per heavy atom. The number of benzene rings is 2. The van der Waals surface area contributed by atoms with Gasteiger partial charge in [0, 0.05) is 23.5 Å². The number of aromatic nitrogens is 1. The maximum absolute atomic E-state index is 13.0. The molecule has 1 aromatic heterocycles. The van der Waals surface area contributed by atoms with Crippen LogP contribution in [0.2, 0.25) is 0 Å². The van der Waals surface area contributed by atoms with E-state index in [0.717, 1.165) is 63.9 Å². The predicted molar refractivity (Wildman–Crippen MR) is 146 cm³/mol. The average Bonchev–Trinajstić information content (AvgIpc) is 3.39. The predicted octanol–water partition coefficient (Wildman–Crippen LogP) is 5.02. The third kappa shape index (κ3) is 5.61. The number of ether oxygens (including phenoxy) is 2. The highest BCUT2D eigenvalue weighted by Gasteiger charge is 2.25. The highest BCUT2D eigenvalue weighted by molar-refractivity contribution is 7.80. The molecule has 2 aromatic carbocycles. The Bertz CT molecular complexity index is 1260. The molecule has 1 heterocycles. The summed E-state index contributed by atoms with van der Waals surface area (Å²) in [5.41, 5.74) is 5.01. The Labute approximate surface area is 212 Å². The largest absolute Gasteiger partial charge is 0.493 e. The van der Waals surface area contributed by atoms with Crippen molar-refractivity contribution in [2.45, 2.75) is 58.5 Å². The number of methoxy groups -OCH3 is 2. The Morgan fingerprint density at radius 1 is 1.06 bits per heavy atom. The first-order chi connectivity index (χ1) is 16.9. The first kappa shape index (κ1) is 25.0. The van der Waals surface area contributed by atoms with Crippen molar-refractivity contribution in [3.63, 3.8) is 0 Å². The zero-order valence-electron chi connectivity index (χ0n) is 21.1. The summed E-state index contributed by atoms with van der Waals surface area (Å²) in [6, 6.07) is 12.5. The third-order valence-corrected chi connectivity index (χ3v) is 7.40. The van der Waals surface area contributed by atoms with Crippen LogP contribution >= 0.6 is 12.2 Å². The fourth-order valence-corrected chi connectivity index (χ4v) is 5.27. The number of fused-ring (bicyclic) bond motifs is 1. The number of thiocarbonyl (C=S) groups is 1. The molecule has 0 bridgehead atoms. The summed E-state index contributed by atoms with van der Waals surface area (Å²) in [5, 5.41) is 5.25. The molecule has 0 saturated heterocycles. The molecule has 0 unspecified atom stereocenters. The summed E-state index contributed by atoms with van der Waals surface area (Å²) >= 11 is 5.86. The van der Waals surface area contributed by atoms with Crippen molar-refractivity contribution in [3.05, 3.63) is 69.0 Å². The van der Waals surface area contributed by atoms with Gasteiger partial charge in [0.05, 0.1) is 26.3 Å².